The van der Waals surface area contributed by atoms with Gasteiger partial charge in [-0.05, 0) is 36.8 Å². The van der Waals surface area contributed by atoms with E-state index in [2.05, 4.69) is 10.3 Å². The lowest BCUT2D eigenvalue weighted by Crippen LogP contribution is -2.38. The SMILES string of the molecule is Cc1ccccc1N(N)C(=O)c1cccc(NC(=O)c2cc(=O)[nH]c(=O)[nH]2)c1. The molecule has 0 aliphatic heterocycles. The molecule has 9 nitrogen and oxygen atoms in total. The molecule has 0 radical (unpaired) electrons. The third-order valence-corrected chi connectivity index (χ3v) is 3.97. The van der Waals surface area contributed by atoms with Crippen LogP contribution in [-0.4, -0.2) is 21.8 Å². The van der Waals surface area contributed by atoms with Crippen LogP contribution in [0.25, 0.3) is 0 Å². The maximum Gasteiger partial charge on any atom is 0.326 e. The van der Waals surface area contributed by atoms with Crippen molar-refractivity contribution in [2.75, 3.05) is 10.3 Å². The van der Waals surface area contributed by atoms with E-state index in [-0.39, 0.29) is 11.3 Å². The Kier molecular flexibility index (Phi) is 5.18. The molecular formula is C19H17N5O4. The molecule has 0 aliphatic rings. The first-order valence-corrected chi connectivity index (χ1v) is 8.25. The van der Waals surface area contributed by atoms with E-state index in [1.807, 2.05) is 24.0 Å². The second-order valence-corrected chi connectivity index (χ2v) is 6.00. The first-order valence-electron chi connectivity index (χ1n) is 8.25. The molecule has 0 saturated heterocycles. The largest absolute Gasteiger partial charge is 0.326 e. The van der Waals surface area contributed by atoms with Gasteiger partial charge in [0.15, 0.2) is 0 Å². The Morgan fingerprint density at radius 1 is 1.00 bits per heavy atom. The number of nitrogens with zero attached hydrogens (tertiary/aromatic N) is 1. The van der Waals surface area contributed by atoms with Gasteiger partial charge in [-0.3, -0.25) is 19.4 Å². The number of aromatic amines is 2. The van der Waals surface area contributed by atoms with Gasteiger partial charge in [-0.2, -0.15) is 0 Å². The van der Waals surface area contributed by atoms with Crippen molar-refractivity contribution in [1.29, 1.82) is 0 Å². The van der Waals surface area contributed by atoms with Gasteiger partial charge in [0.25, 0.3) is 17.4 Å². The number of aryl methyl sites for hydroxylation is 1. The summed E-state index contributed by atoms with van der Waals surface area (Å²) >= 11 is 0. The number of para-hydroxylation sites is 1. The number of benzene rings is 2. The lowest BCUT2D eigenvalue weighted by molar-refractivity contribution is 0.0984. The average Bonchev–Trinajstić information content (AvgIpc) is 2.66. The summed E-state index contributed by atoms with van der Waals surface area (Å²) in [5.74, 6) is 4.80. The predicted molar refractivity (Wildman–Crippen MR) is 104 cm³/mol. The van der Waals surface area contributed by atoms with E-state index in [1.54, 1.807) is 30.3 Å². The van der Waals surface area contributed by atoms with E-state index in [1.165, 1.54) is 6.07 Å². The van der Waals surface area contributed by atoms with Gasteiger partial charge in [-0.25, -0.2) is 15.6 Å². The van der Waals surface area contributed by atoms with Gasteiger partial charge in [0.05, 0.1) is 5.69 Å². The van der Waals surface area contributed by atoms with Crippen molar-refractivity contribution in [3.63, 3.8) is 0 Å². The second kappa shape index (κ2) is 7.72. The van der Waals surface area contributed by atoms with Gasteiger partial charge in [-0.1, -0.05) is 24.3 Å². The van der Waals surface area contributed by atoms with Crippen molar-refractivity contribution in [2.24, 2.45) is 5.84 Å². The molecule has 0 saturated carbocycles. The molecule has 0 atom stereocenters. The first-order chi connectivity index (χ1) is 13.3. The normalized spacial score (nSPS) is 10.4. The monoisotopic (exact) mass is 379 g/mol. The Morgan fingerprint density at radius 3 is 2.46 bits per heavy atom. The summed E-state index contributed by atoms with van der Waals surface area (Å²) < 4.78 is 0. The summed E-state index contributed by atoms with van der Waals surface area (Å²) in [5.41, 5.74) is 0.251. The number of anilines is 2. The Bertz CT molecular complexity index is 1140. The predicted octanol–water partition coefficient (Wildman–Crippen LogP) is 1.14. The van der Waals surface area contributed by atoms with E-state index >= 15 is 0 Å². The Balaban J connectivity index is 1.83. The molecule has 0 aliphatic carbocycles. The number of nitrogens with two attached hydrogens (primary N) is 1. The molecule has 0 spiro atoms. The Labute approximate surface area is 158 Å². The molecule has 5 N–H and O–H groups in total. The minimum atomic E-state index is -0.793. The van der Waals surface area contributed by atoms with Gasteiger partial charge >= 0.3 is 5.69 Å². The third-order valence-electron chi connectivity index (χ3n) is 3.97. The number of rotatable bonds is 4. The number of amides is 2. The maximum absolute atomic E-state index is 12.7. The number of hydrogen-bond acceptors (Lipinski definition) is 5. The number of hydrogen-bond donors (Lipinski definition) is 4. The van der Waals surface area contributed by atoms with Gasteiger partial charge in [0.1, 0.15) is 5.69 Å². The third kappa shape index (κ3) is 4.05. The molecule has 0 fully saturated rings. The van der Waals surface area contributed by atoms with E-state index in [0.717, 1.165) is 16.6 Å². The smallest absolute Gasteiger partial charge is 0.321 e. The Morgan fingerprint density at radius 2 is 1.75 bits per heavy atom. The summed E-state index contributed by atoms with van der Waals surface area (Å²) in [6.45, 7) is 1.83. The highest BCUT2D eigenvalue weighted by molar-refractivity contribution is 6.07. The van der Waals surface area contributed by atoms with Crippen molar-refractivity contribution >= 4 is 23.2 Å². The molecular weight excluding hydrogens is 362 g/mol. The second-order valence-electron chi connectivity index (χ2n) is 6.00. The standard InChI is InChI=1S/C19H17N5O4/c1-11-5-2-3-8-15(11)24(20)18(27)12-6-4-7-13(9-12)21-17(26)14-10-16(25)23-19(28)22-14/h2-10H,20H2,1H3,(H,21,26)(H2,22,23,25,28). The maximum atomic E-state index is 12.7. The van der Waals surface area contributed by atoms with E-state index in [0.29, 0.717) is 11.4 Å². The Hall–Kier alpha value is -3.98. The molecule has 1 aromatic heterocycles. The van der Waals surface area contributed by atoms with Gasteiger partial charge in [-0.15, -0.1) is 0 Å². The number of aromatic nitrogens is 2. The zero-order chi connectivity index (χ0) is 20.3. The fourth-order valence-corrected chi connectivity index (χ4v) is 2.60. The average molecular weight is 379 g/mol. The van der Waals surface area contributed by atoms with Gasteiger partial charge in [0, 0.05) is 17.3 Å². The first kappa shape index (κ1) is 18.8. The van der Waals surface area contributed by atoms with Gasteiger partial charge in [0.2, 0.25) is 0 Å². The topological polar surface area (TPSA) is 141 Å². The molecule has 28 heavy (non-hydrogen) atoms. The highest BCUT2D eigenvalue weighted by Gasteiger charge is 2.17. The van der Waals surface area contributed by atoms with Crippen LogP contribution in [0.4, 0.5) is 11.4 Å². The fraction of sp³-hybridized carbons (Fsp3) is 0.0526. The van der Waals surface area contributed by atoms with Crippen molar-refractivity contribution in [2.45, 2.75) is 6.92 Å². The van der Waals surface area contributed by atoms with Crippen LogP contribution in [0, 0.1) is 6.92 Å². The summed E-state index contributed by atoms with van der Waals surface area (Å²) in [4.78, 5) is 51.8. The van der Waals surface area contributed by atoms with Crippen LogP contribution in [0.15, 0.2) is 64.2 Å². The van der Waals surface area contributed by atoms with E-state index in [9.17, 15) is 19.2 Å². The molecule has 2 amide bonds. The summed E-state index contributed by atoms with van der Waals surface area (Å²) in [6.07, 6.45) is 0. The van der Waals surface area contributed by atoms with Crippen LogP contribution in [0.5, 0.6) is 0 Å². The molecule has 0 unspecified atom stereocenters. The molecule has 2 aromatic carbocycles. The number of carbonyl (C=O) groups is 2. The number of H-pyrrole nitrogens is 2. The number of hydrazine groups is 1. The van der Waals surface area contributed by atoms with Crippen LogP contribution in [0.1, 0.15) is 26.4 Å². The van der Waals surface area contributed by atoms with Crippen LogP contribution in [0.2, 0.25) is 0 Å². The lowest BCUT2D eigenvalue weighted by Gasteiger charge is -2.19. The molecule has 3 rings (SSSR count). The fourth-order valence-electron chi connectivity index (χ4n) is 2.60. The quantitative estimate of drug-likeness (QED) is 0.306. The summed E-state index contributed by atoms with van der Waals surface area (Å²) in [7, 11) is 0. The zero-order valence-corrected chi connectivity index (χ0v) is 14.9. The number of nitrogens with one attached hydrogen (secondary N) is 3. The minimum absolute atomic E-state index is 0.203. The minimum Gasteiger partial charge on any atom is -0.321 e. The molecule has 1 heterocycles. The van der Waals surface area contributed by atoms with Crippen LogP contribution >= 0.6 is 0 Å². The van der Waals surface area contributed by atoms with E-state index < -0.39 is 23.1 Å². The van der Waals surface area contributed by atoms with Crippen LogP contribution in [0.3, 0.4) is 0 Å². The van der Waals surface area contributed by atoms with Crippen molar-refractivity contribution in [3.8, 4) is 0 Å². The molecule has 0 bridgehead atoms. The van der Waals surface area contributed by atoms with Crippen LogP contribution in [-0.2, 0) is 0 Å². The molecule has 9 heteroatoms. The van der Waals surface area contributed by atoms with Crippen molar-refractivity contribution in [1.82, 2.24) is 9.97 Å². The van der Waals surface area contributed by atoms with E-state index in [4.69, 9.17) is 5.84 Å². The molecule has 142 valence electrons. The lowest BCUT2D eigenvalue weighted by atomic mass is 10.1. The van der Waals surface area contributed by atoms with Crippen molar-refractivity contribution < 1.29 is 9.59 Å². The zero-order valence-electron chi connectivity index (χ0n) is 14.9. The summed E-state index contributed by atoms with van der Waals surface area (Å²) in [6, 6.07) is 14.3. The van der Waals surface area contributed by atoms with Gasteiger partial charge < -0.3 is 10.3 Å². The highest BCUT2D eigenvalue weighted by atomic mass is 16.2. The number of carbonyl (C=O) groups excluding carboxylic acids is 2. The van der Waals surface area contributed by atoms with Crippen molar-refractivity contribution in [3.05, 3.63) is 92.3 Å². The highest BCUT2D eigenvalue weighted by Crippen LogP contribution is 2.20. The summed E-state index contributed by atoms with van der Waals surface area (Å²) in [5, 5.41) is 3.56. The molecule has 3 aromatic rings. The van der Waals surface area contributed by atoms with Crippen LogP contribution < -0.4 is 27.4 Å².